The van der Waals surface area contributed by atoms with Gasteiger partial charge in [-0.25, -0.2) is 4.79 Å². The van der Waals surface area contributed by atoms with Crippen LogP contribution in [-0.4, -0.2) is 19.2 Å². The molecular weight excluding hydrogens is 304 g/mol. The van der Waals surface area contributed by atoms with Gasteiger partial charge in [0.05, 0.1) is 18.9 Å². The molecule has 0 radical (unpaired) electrons. The predicted octanol–water partition coefficient (Wildman–Crippen LogP) is 3.82. The monoisotopic (exact) mass is 324 g/mol. The lowest BCUT2D eigenvalue weighted by molar-refractivity contribution is 0.262. The highest BCUT2D eigenvalue weighted by atomic mass is 16.5. The van der Waals surface area contributed by atoms with Crippen molar-refractivity contribution in [3.63, 3.8) is 0 Å². The van der Waals surface area contributed by atoms with Gasteiger partial charge in [0.15, 0.2) is 0 Å². The van der Waals surface area contributed by atoms with E-state index in [1.54, 1.807) is 0 Å². The molecule has 2 amide bonds. The van der Waals surface area contributed by atoms with Crippen LogP contribution >= 0.6 is 0 Å². The van der Waals surface area contributed by atoms with Crippen molar-refractivity contribution in [2.45, 2.75) is 26.7 Å². The van der Waals surface area contributed by atoms with Gasteiger partial charge < -0.3 is 20.1 Å². The molecule has 0 saturated carbocycles. The molecule has 0 unspecified atom stereocenters. The number of nitrogens with one attached hydrogen (secondary N) is 2. The summed E-state index contributed by atoms with van der Waals surface area (Å²) in [5.74, 6) is 1.65. The van der Waals surface area contributed by atoms with Crippen molar-refractivity contribution >= 4 is 17.4 Å². The van der Waals surface area contributed by atoms with Crippen LogP contribution in [0.25, 0.3) is 0 Å². The van der Waals surface area contributed by atoms with Gasteiger partial charge in [-0.1, -0.05) is 6.07 Å². The fourth-order valence-corrected chi connectivity index (χ4v) is 3.44. The van der Waals surface area contributed by atoms with E-state index in [9.17, 15) is 4.79 Å². The van der Waals surface area contributed by atoms with Gasteiger partial charge in [0.25, 0.3) is 0 Å². The summed E-state index contributed by atoms with van der Waals surface area (Å²) >= 11 is 0. The SMILES string of the molecule is Cc1cc(C)cc(NC(=O)Nc2c3c(cc4c2OCC4)OCC3)c1. The van der Waals surface area contributed by atoms with Crippen molar-refractivity contribution in [3.8, 4) is 11.5 Å². The number of anilines is 2. The molecule has 4 rings (SSSR count). The van der Waals surface area contributed by atoms with E-state index < -0.39 is 0 Å². The Bertz CT molecular complexity index is 777. The lowest BCUT2D eigenvalue weighted by atomic mass is 10.0. The maximum absolute atomic E-state index is 12.5. The van der Waals surface area contributed by atoms with Crippen molar-refractivity contribution in [2.75, 3.05) is 23.8 Å². The zero-order valence-electron chi connectivity index (χ0n) is 13.9. The Morgan fingerprint density at radius 2 is 1.71 bits per heavy atom. The third-order valence-corrected chi connectivity index (χ3v) is 4.37. The fourth-order valence-electron chi connectivity index (χ4n) is 3.44. The lowest BCUT2D eigenvalue weighted by Gasteiger charge is -2.15. The minimum absolute atomic E-state index is 0.266. The molecule has 2 aliphatic rings. The summed E-state index contributed by atoms with van der Waals surface area (Å²) in [5.41, 5.74) is 5.88. The van der Waals surface area contributed by atoms with Gasteiger partial charge >= 0.3 is 6.03 Å². The molecule has 0 bridgehead atoms. The van der Waals surface area contributed by atoms with Gasteiger partial charge in [0.2, 0.25) is 0 Å². The quantitative estimate of drug-likeness (QED) is 0.883. The summed E-state index contributed by atoms with van der Waals surface area (Å²) in [6.07, 6.45) is 1.63. The first-order chi connectivity index (χ1) is 11.6. The Kier molecular flexibility index (Phi) is 3.56. The van der Waals surface area contributed by atoms with E-state index in [1.807, 2.05) is 32.0 Å². The number of amides is 2. The number of ether oxygens (including phenoxy) is 2. The van der Waals surface area contributed by atoms with E-state index in [0.717, 1.165) is 58.0 Å². The molecule has 2 aliphatic heterocycles. The molecule has 0 atom stereocenters. The summed E-state index contributed by atoms with van der Waals surface area (Å²) in [5, 5.41) is 5.88. The van der Waals surface area contributed by atoms with Gasteiger partial charge in [-0.15, -0.1) is 0 Å². The van der Waals surface area contributed by atoms with E-state index in [1.165, 1.54) is 0 Å². The summed E-state index contributed by atoms with van der Waals surface area (Å²) in [4.78, 5) is 12.5. The third-order valence-electron chi connectivity index (χ3n) is 4.37. The molecule has 5 heteroatoms. The second-order valence-corrected chi connectivity index (χ2v) is 6.37. The van der Waals surface area contributed by atoms with Crippen LogP contribution in [0.3, 0.4) is 0 Å². The molecule has 2 aromatic rings. The smallest absolute Gasteiger partial charge is 0.323 e. The first-order valence-corrected chi connectivity index (χ1v) is 8.21. The molecule has 0 aliphatic carbocycles. The van der Waals surface area contributed by atoms with Crippen LogP contribution in [0.1, 0.15) is 22.3 Å². The van der Waals surface area contributed by atoms with Crippen molar-refractivity contribution in [3.05, 3.63) is 46.5 Å². The topological polar surface area (TPSA) is 59.6 Å². The second kappa shape index (κ2) is 5.74. The summed E-state index contributed by atoms with van der Waals surface area (Å²) in [6, 6.07) is 7.75. The fraction of sp³-hybridized carbons (Fsp3) is 0.316. The number of fused-ring (bicyclic) bond motifs is 2. The molecule has 2 N–H and O–H groups in total. The molecule has 2 aromatic carbocycles. The van der Waals surface area contributed by atoms with Gasteiger partial charge in [0, 0.05) is 29.7 Å². The molecule has 0 saturated heterocycles. The Hall–Kier alpha value is -2.69. The van der Waals surface area contributed by atoms with Crippen molar-refractivity contribution in [1.82, 2.24) is 0 Å². The van der Waals surface area contributed by atoms with Gasteiger partial charge in [-0.3, -0.25) is 0 Å². The minimum atomic E-state index is -0.266. The second-order valence-electron chi connectivity index (χ2n) is 6.37. The Morgan fingerprint density at radius 1 is 0.958 bits per heavy atom. The van der Waals surface area contributed by atoms with Gasteiger partial charge in [-0.2, -0.15) is 0 Å². The number of urea groups is 1. The van der Waals surface area contributed by atoms with E-state index in [2.05, 4.69) is 16.7 Å². The predicted molar refractivity (Wildman–Crippen MR) is 93.4 cm³/mol. The Morgan fingerprint density at radius 3 is 2.50 bits per heavy atom. The van der Waals surface area contributed by atoms with Crippen LogP contribution in [0.4, 0.5) is 16.2 Å². The number of hydrogen-bond acceptors (Lipinski definition) is 3. The first-order valence-electron chi connectivity index (χ1n) is 8.21. The molecule has 0 aromatic heterocycles. The van der Waals surface area contributed by atoms with Crippen LogP contribution in [0, 0.1) is 13.8 Å². The average molecular weight is 324 g/mol. The van der Waals surface area contributed by atoms with Crippen molar-refractivity contribution in [1.29, 1.82) is 0 Å². The Labute approximate surface area is 141 Å². The van der Waals surface area contributed by atoms with Crippen LogP contribution in [0.2, 0.25) is 0 Å². The van der Waals surface area contributed by atoms with Gasteiger partial charge in [-0.05, 0) is 43.2 Å². The van der Waals surface area contributed by atoms with Gasteiger partial charge in [0.1, 0.15) is 11.5 Å². The van der Waals surface area contributed by atoms with E-state index in [0.29, 0.717) is 13.2 Å². The molecule has 0 spiro atoms. The standard InChI is InChI=1S/C19H20N2O3/c1-11-7-12(2)9-14(8-11)20-19(22)21-17-15-4-6-23-16(15)10-13-3-5-24-18(13)17/h7-10H,3-6H2,1-2H3,(H2,20,21,22). The Balaban J connectivity index is 1.60. The van der Waals surface area contributed by atoms with Crippen LogP contribution < -0.4 is 20.1 Å². The highest BCUT2D eigenvalue weighted by Crippen LogP contribution is 2.44. The maximum atomic E-state index is 12.5. The van der Waals surface area contributed by atoms with E-state index in [-0.39, 0.29) is 6.03 Å². The maximum Gasteiger partial charge on any atom is 0.323 e. The number of aryl methyl sites for hydroxylation is 2. The third kappa shape index (κ3) is 2.66. The molecule has 24 heavy (non-hydrogen) atoms. The normalized spacial score (nSPS) is 14.4. The number of carbonyl (C=O) groups is 1. The molecule has 5 nitrogen and oxygen atoms in total. The average Bonchev–Trinajstić information content (AvgIpc) is 3.14. The van der Waals surface area contributed by atoms with Crippen molar-refractivity contribution < 1.29 is 14.3 Å². The van der Waals surface area contributed by atoms with Crippen LogP contribution in [-0.2, 0) is 12.8 Å². The first kappa shape index (κ1) is 14.9. The summed E-state index contributed by atoms with van der Waals surface area (Å²) < 4.78 is 11.4. The zero-order chi connectivity index (χ0) is 16.7. The van der Waals surface area contributed by atoms with E-state index >= 15 is 0 Å². The largest absolute Gasteiger partial charge is 0.493 e. The number of rotatable bonds is 2. The summed E-state index contributed by atoms with van der Waals surface area (Å²) in [6.45, 7) is 5.31. The van der Waals surface area contributed by atoms with Crippen LogP contribution in [0.15, 0.2) is 24.3 Å². The molecule has 0 fully saturated rings. The highest BCUT2D eigenvalue weighted by molar-refractivity contribution is 6.02. The molecule has 2 heterocycles. The summed E-state index contributed by atoms with van der Waals surface area (Å²) in [7, 11) is 0. The highest BCUT2D eigenvalue weighted by Gasteiger charge is 2.27. The molecular formula is C19H20N2O3. The minimum Gasteiger partial charge on any atom is -0.493 e. The van der Waals surface area contributed by atoms with E-state index in [4.69, 9.17) is 9.47 Å². The number of carbonyl (C=O) groups excluding carboxylic acids is 1. The molecule has 124 valence electrons. The van der Waals surface area contributed by atoms with Crippen LogP contribution in [0.5, 0.6) is 11.5 Å². The number of benzene rings is 2. The zero-order valence-corrected chi connectivity index (χ0v) is 13.9. The lowest BCUT2D eigenvalue weighted by Crippen LogP contribution is -2.20. The van der Waals surface area contributed by atoms with Crippen molar-refractivity contribution in [2.24, 2.45) is 0 Å². The number of hydrogen-bond donors (Lipinski definition) is 2.